The van der Waals surface area contributed by atoms with Gasteiger partial charge in [-0.3, -0.25) is 9.89 Å². The maximum Gasteiger partial charge on any atom is 0.193 e. The van der Waals surface area contributed by atoms with Crippen molar-refractivity contribution in [3.8, 4) is 0 Å². The zero-order chi connectivity index (χ0) is 19.2. The monoisotopic (exact) mass is 386 g/mol. The largest absolute Gasteiger partial charge is 0.379 e. The number of nitrogens with one attached hydrogen (secondary N) is 1. The van der Waals surface area contributed by atoms with Gasteiger partial charge in [0, 0.05) is 23.8 Å². The first-order chi connectivity index (χ1) is 13.0. The van der Waals surface area contributed by atoms with Gasteiger partial charge in [0.1, 0.15) is 0 Å². The van der Waals surface area contributed by atoms with E-state index >= 15 is 0 Å². The molecule has 144 valence electrons. The SMILES string of the molecule is Cc1ccc(NC(N)=NCC(c2ccccc2Cl)N2CCOCC2)cc1C. The zero-order valence-electron chi connectivity index (χ0n) is 15.9. The fraction of sp³-hybridized carbons (Fsp3) is 0.381. The van der Waals surface area contributed by atoms with Crippen LogP contribution in [0.1, 0.15) is 22.7 Å². The molecule has 27 heavy (non-hydrogen) atoms. The van der Waals surface area contributed by atoms with Crippen LogP contribution in [0.25, 0.3) is 0 Å². The summed E-state index contributed by atoms with van der Waals surface area (Å²) in [7, 11) is 0. The summed E-state index contributed by atoms with van der Waals surface area (Å²) >= 11 is 6.46. The number of rotatable bonds is 5. The summed E-state index contributed by atoms with van der Waals surface area (Å²) in [6, 6.07) is 14.2. The second kappa shape index (κ2) is 9.22. The van der Waals surface area contributed by atoms with E-state index in [2.05, 4.69) is 47.3 Å². The molecule has 1 atom stereocenters. The Balaban J connectivity index is 1.75. The molecule has 1 unspecified atom stereocenters. The lowest BCUT2D eigenvalue weighted by atomic mass is 10.0. The van der Waals surface area contributed by atoms with E-state index in [4.69, 9.17) is 22.1 Å². The Morgan fingerprint density at radius 2 is 1.93 bits per heavy atom. The highest BCUT2D eigenvalue weighted by molar-refractivity contribution is 6.31. The van der Waals surface area contributed by atoms with Gasteiger partial charge in [-0.1, -0.05) is 35.9 Å². The number of hydrogen-bond donors (Lipinski definition) is 2. The third-order valence-electron chi connectivity index (χ3n) is 4.96. The quantitative estimate of drug-likeness (QED) is 0.606. The van der Waals surface area contributed by atoms with Gasteiger partial charge in [0.15, 0.2) is 5.96 Å². The fourth-order valence-electron chi connectivity index (χ4n) is 3.24. The first-order valence-corrected chi connectivity index (χ1v) is 9.63. The summed E-state index contributed by atoms with van der Waals surface area (Å²) in [5.74, 6) is 0.406. The van der Waals surface area contributed by atoms with E-state index in [-0.39, 0.29) is 6.04 Å². The van der Waals surface area contributed by atoms with E-state index in [0.29, 0.717) is 12.5 Å². The average molecular weight is 387 g/mol. The number of guanidine groups is 1. The van der Waals surface area contributed by atoms with Gasteiger partial charge in [-0.2, -0.15) is 0 Å². The minimum absolute atomic E-state index is 0.0719. The van der Waals surface area contributed by atoms with Crippen LogP contribution < -0.4 is 11.1 Å². The Morgan fingerprint density at radius 3 is 2.63 bits per heavy atom. The van der Waals surface area contributed by atoms with Crippen LogP contribution >= 0.6 is 11.6 Å². The van der Waals surface area contributed by atoms with Crippen molar-refractivity contribution in [3.05, 3.63) is 64.2 Å². The lowest BCUT2D eigenvalue weighted by molar-refractivity contribution is 0.0180. The van der Waals surface area contributed by atoms with Crippen molar-refractivity contribution in [2.45, 2.75) is 19.9 Å². The van der Waals surface area contributed by atoms with Gasteiger partial charge < -0.3 is 15.8 Å². The molecule has 2 aromatic carbocycles. The van der Waals surface area contributed by atoms with Crippen molar-refractivity contribution >= 4 is 23.2 Å². The van der Waals surface area contributed by atoms with Crippen LogP contribution in [-0.4, -0.2) is 43.7 Å². The molecule has 1 aliphatic heterocycles. The van der Waals surface area contributed by atoms with Crippen LogP contribution in [0.15, 0.2) is 47.5 Å². The maximum absolute atomic E-state index is 6.46. The van der Waals surface area contributed by atoms with Crippen molar-refractivity contribution in [3.63, 3.8) is 0 Å². The number of hydrogen-bond acceptors (Lipinski definition) is 3. The van der Waals surface area contributed by atoms with E-state index in [1.807, 2.05) is 24.3 Å². The molecular formula is C21H27ClN4O. The first-order valence-electron chi connectivity index (χ1n) is 9.25. The molecule has 3 rings (SSSR count). The molecule has 0 saturated carbocycles. The molecule has 6 heteroatoms. The molecule has 0 bridgehead atoms. The van der Waals surface area contributed by atoms with E-state index in [1.165, 1.54) is 11.1 Å². The summed E-state index contributed by atoms with van der Waals surface area (Å²) < 4.78 is 5.49. The predicted molar refractivity (Wildman–Crippen MR) is 113 cm³/mol. The van der Waals surface area contributed by atoms with Gasteiger partial charge in [0.25, 0.3) is 0 Å². The highest BCUT2D eigenvalue weighted by Gasteiger charge is 2.24. The number of halogens is 1. The number of nitrogens with two attached hydrogens (primary N) is 1. The molecule has 0 spiro atoms. The van der Waals surface area contributed by atoms with Crippen molar-refractivity contribution in [1.29, 1.82) is 0 Å². The third kappa shape index (κ3) is 5.22. The molecule has 0 radical (unpaired) electrons. The molecule has 0 aliphatic carbocycles. The van der Waals surface area contributed by atoms with E-state index in [0.717, 1.165) is 42.6 Å². The smallest absolute Gasteiger partial charge is 0.193 e. The summed E-state index contributed by atoms with van der Waals surface area (Å²) in [4.78, 5) is 6.97. The molecule has 3 N–H and O–H groups in total. The number of aryl methyl sites for hydroxylation is 2. The molecule has 0 aromatic heterocycles. The molecule has 1 saturated heterocycles. The topological polar surface area (TPSA) is 62.9 Å². The van der Waals surface area contributed by atoms with Crippen LogP contribution in [-0.2, 0) is 4.74 Å². The Kier molecular flexibility index (Phi) is 6.72. The summed E-state index contributed by atoms with van der Waals surface area (Å²) in [6.45, 7) is 7.87. The summed E-state index contributed by atoms with van der Waals surface area (Å²) in [5.41, 5.74) is 10.6. The minimum atomic E-state index is 0.0719. The average Bonchev–Trinajstić information content (AvgIpc) is 2.67. The maximum atomic E-state index is 6.46. The van der Waals surface area contributed by atoms with E-state index in [9.17, 15) is 0 Å². The zero-order valence-corrected chi connectivity index (χ0v) is 16.7. The number of aliphatic imine (C=N–C) groups is 1. The number of ether oxygens (including phenoxy) is 1. The highest BCUT2D eigenvalue weighted by Crippen LogP contribution is 2.28. The molecule has 0 amide bonds. The molecule has 2 aromatic rings. The van der Waals surface area contributed by atoms with Crippen LogP contribution in [0, 0.1) is 13.8 Å². The van der Waals surface area contributed by atoms with Gasteiger partial charge in [-0.25, -0.2) is 0 Å². The lowest BCUT2D eigenvalue weighted by Gasteiger charge is -2.34. The van der Waals surface area contributed by atoms with Crippen LogP contribution in [0.5, 0.6) is 0 Å². The standard InChI is InChI=1S/C21H27ClN4O/c1-15-7-8-17(13-16(15)2)25-21(23)24-14-20(26-9-11-27-12-10-26)18-5-3-4-6-19(18)22/h3-8,13,20H,9-12,14H2,1-2H3,(H3,23,24,25). The Bertz CT molecular complexity index is 803. The van der Waals surface area contributed by atoms with E-state index < -0.39 is 0 Å². The highest BCUT2D eigenvalue weighted by atomic mass is 35.5. The van der Waals surface area contributed by atoms with Gasteiger partial charge in [-0.05, 0) is 48.7 Å². The van der Waals surface area contributed by atoms with Crippen molar-refractivity contribution < 1.29 is 4.74 Å². The number of anilines is 1. The molecular weight excluding hydrogens is 360 g/mol. The van der Waals surface area contributed by atoms with Crippen LogP contribution in [0.3, 0.4) is 0 Å². The van der Waals surface area contributed by atoms with Gasteiger partial charge in [0.2, 0.25) is 0 Å². The molecule has 1 fully saturated rings. The molecule has 1 aliphatic rings. The van der Waals surface area contributed by atoms with Crippen molar-refractivity contribution in [2.24, 2.45) is 10.7 Å². The summed E-state index contributed by atoms with van der Waals surface area (Å²) in [5, 5.41) is 3.94. The Morgan fingerprint density at radius 1 is 1.19 bits per heavy atom. The lowest BCUT2D eigenvalue weighted by Crippen LogP contribution is -2.40. The van der Waals surface area contributed by atoms with Crippen LogP contribution in [0.2, 0.25) is 5.02 Å². The second-order valence-electron chi connectivity index (χ2n) is 6.84. The van der Waals surface area contributed by atoms with Crippen LogP contribution in [0.4, 0.5) is 5.69 Å². The fourth-order valence-corrected chi connectivity index (χ4v) is 3.50. The van der Waals surface area contributed by atoms with Gasteiger partial charge >= 0.3 is 0 Å². The number of morpholine rings is 1. The molecule has 1 heterocycles. The van der Waals surface area contributed by atoms with Crippen molar-refractivity contribution in [2.75, 3.05) is 38.2 Å². The first kappa shape index (κ1) is 19.7. The third-order valence-corrected chi connectivity index (χ3v) is 5.31. The predicted octanol–water partition coefficient (Wildman–Crippen LogP) is 3.76. The Labute approximate surface area is 166 Å². The Hall–Kier alpha value is -2.08. The molecule has 5 nitrogen and oxygen atoms in total. The second-order valence-corrected chi connectivity index (χ2v) is 7.24. The van der Waals surface area contributed by atoms with Crippen molar-refractivity contribution in [1.82, 2.24) is 4.90 Å². The van der Waals surface area contributed by atoms with E-state index in [1.54, 1.807) is 0 Å². The number of benzene rings is 2. The normalized spacial score (nSPS) is 16.9. The van der Waals surface area contributed by atoms with Gasteiger partial charge in [0.05, 0.1) is 25.8 Å². The summed E-state index contributed by atoms with van der Waals surface area (Å²) in [6.07, 6.45) is 0. The minimum Gasteiger partial charge on any atom is -0.379 e. The van der Waals surface area contributed by atoms with Gasteiger partial charge in [-0.15, -0.1) is 0 Å². The number of nitrogens with zero attached hydrogens (tertiary/aromatic N) is 2.